The van der Waals surface area contributed by atoms with Crippen LogP contribution in [0.25, 0.3) is 10.9 Å². The van der Waals surface area contributed by atoms with Crippen LogP contribution in [0.15, 0.2) is 30.3 Å². The monoisotopic (exact) mass is 299 g/mol. The van der Waals surface area contributed by atoms with Gasteiger partial charge in [0.1, 0.15) is 0 Å². The SMILES string of the molecule is COc1cc(C(=O)NC2CCC(N)CC2)c2ccccc2n1. The number of aromatic nitrogens is 1. The lowest BCUT2D eigenvalue weighted by molar-refractivity contribution is 0.0927. The van der Waals surface area contributed by atoms with E-state index in [4.69, 9.17) is 10.5 Å². The second kappa shape index (κ2) is 6.32. The fourth-order valence-electron chi connectivity index (χ4n) is 2.97. The molecule has 0 bridgehead atoms. The third-order valence-electron chi connectivity index (χ3n) is 4.25. The number of benzene rings is 1. The first kappa shape index (κ1) is 14.8. The Balaban J connectivity index is 1.86. The van der Waals surface area contributed by atoms with Gasteiger partial charge in [0.25, 0.3) is 5.91 Å². The van der Waals surface area contributed by atoms with Gasteiger partial charge in [0.15, 0.2) is 0 Å². The second-order valence-corrected chi connectivity index (χ2v) is 5.81. The zero-order chi connectivity index (χ0) is 15.5. The summed E-state index contributed by atoms with van der Waals surface area (Å²) in [6, 6.07) is 9.78. The number of nitrogens with zero attached hydrogens (tertiary/aromatic N) is 1. The largest absolute Gasteiger partial charge is 0.481 e. The molecule has 0 atom stereocenters. The lowest BCUT2D eigenvalue weighted by Gasteiger charge is -2.27. The molecule has 0 aliphatic heterocycles. The standard InChI is InChI=1S/C17H21N3O2/c1-22-16-10-14(13-4-2-3-5-15(13)20-16)17(21)19-12-8-6-11(18)7-9-12/h2-5,10-12H,6-9,18H2,1H3,(H,19,21). The maximum absolute atomic E-state index is 12.7. The topological polar surface area (TPSA) is 77.2 Å². The Morgan fingerprint density at radius 3 is 2.73 bits per heavy atom. The van der Waals surface area contributed by atoms with Crippen molar-refractivity contribution in [3.05, 3.63) is 35.9 Å². The van der Waals surface area contributed by atoms with E-state index in [0.717, 1.165) is 36.6 Å². The highest BCUT2D eigenvalue weighted by atomic mass is 16.5. The predicted octanol–water partition coefficient (Wildman–Crippen LogP) is 2.24. The molecule has 1 amide bonds. The van der Waals surface area contributed by atoms with Crippen molar-refractivity contribution in [3.8, 4) is 5.88 Å². The van der Waals surface area contributed by atoms with Gasteiger partial charge in [-0.05, 0) is 31.7 Å². The molecule has 1 saturated carbocycles. The molecule has 1 aliphatic carbocycles. The molecule has 1 aromatic heterocycles. The van der Waals surface area contributed by atoms with Crippen LogP contribution in [0.2, 0.25) is 0 Å². The summed E-state index contributed by atoms with van der Waals surface area (Å²) >= 11 is 0. The summed E-state index contributed by atoms with van der Waals surface area (Å²) in [6.07, 6.45) is 3.80. The van der Waals surface area contributed by atoms with Gasteiger partial charge in [0.2, 0.25) is 5.88 Å². The zero-order valence-corrected chi connectivity index (χ0v) is 12.7. The number of para-hydroxylation sites is 1. The Morgan fingerprint density at radius 1 is 1.27 bits per heavy atom. The van der Waals surface area contributed by atoms with Gasteiger partial charge >= 0.3 is 0 Å². The zero-order valence-electron chi connectivity index (χ0n) is 12.7. The first-order valence-corrected chi connectivity index (χ1v) is 7.67. The molecule has 116 valence electrons. The fraction of sp³-hybridized carbons (Fsp3) is 0.412. The molecular weight excluding hydrogens is 278 g/mol. The summed E-state index contributed by atoms with van der Waals surface area (Å²) in [4.78, 5) is 17.0. The summed E-state index contributed by atoms with van der Waals surface area (Å²) in [5.74, 6) is 0.381. The van der Waals surface area contributed by atoms with Crippen molar-refractivity contribution in [2.24, 2.45) is 5.73 Å². The van der Waals surface area contributed by atoms with Crippen molar-refractivity contribution in [2.75, 3.05) is 7.11 Å². The van der Waals surface area contributed by atoms with Crippen LogP contribution in [0, 0.1) is 0 Å². The van der Waals surface area contributed by atoms with E-state index < -0.39 is 0 Å². The third kappa shape index (κ3) is 3.04. The maximum Gasteiger partial charge on any atom is 0.252 e. The highest BCUT2D eigenvalue weighted by Gasteiger charge is 2.22. The number of amides is 1. The molecule has 3 rings (SSSR count). The molecule has 3 N–H and O–H groups in total. The number of hydrogen-bond acceptors (Lipinski definition) is 4. The highest BCUT2D eigenvalue weighted by Crippen LogP contribution is 2.23. The summed E-state index contributed by atoms with van der Waals surface area (Å²) in [6.45, 7) is 0. The minimum Gasteiger partial charge on any atom is -0.481 e. The average Bonchev–Trinajstić information content (AvgIpc) is 2.55. The minimum atomic E-state index is -0.0719. The molecule has 1 aromatic carbocycles. The summed E-state index contributed by atoms with van der Waals surface area (Å²) in [7, 11) is 1.56. The van der Waals surface area contributed by atoms with E-state index in [1.165, 1.54) is 0 Å². The van der Waals surface area contributed by atoms with Gasteiger partial charge in [0, 0.05) is 23.5 Å². The molecule has 1 heterocycles. The van der Waals surface area contributed by atoms with E-state index in [1.54, 1.807) is 13.2 Å². The quantitative estimate of drug-likeness (QED) is 0.911. The number of nitrogens with one attached hydrogen (secondary N) is 1. The van der Waals surface area contributed by atoms with E-state index in [1.807, 2.05) is 24.3 Å². The number of fused-ring (bicyclic) bond motifs is 1. The number of carbonyl (C=O) groups excluding carboxylic acids is 1. The van der Waals surface area contributed by atoms with Gasteiger partial charge in [0.05, 0.1) is 18.2 Å². The number of rotatable bonds is 3. The maximum atomic E-state index is 12.7. The normalized spacial score (nSPS) is 21.5. The third-order valence-corrected chi connectivity index (χ3v) is 4.25. The average molecular weight is 299 g/mol. The van der Waals surface area contributed by atoms with Crippen LogP contribution in [-0.4, -0.2) is 30.1 Å². The molecule has 2 aromatic rings. The van der Waals surface area contributed by atoms with E-state index in [-0.39, 0.29) is 18.0 Å². The van der Waals surface area contributed by atoms with Gasteiger partial charge in [-0.1, -0.05) is 18.2 Å². The summed E-state index contributed by atoms with van der Waals surface area (Å²) in [5.41, 5.74) is 7.28. The molecular formula is C17H21N3O2. The van der Waals surface area contributed by atoms with E-state index in [2.05, 4.69) is 10.3 Å². The lowest BCUT2D eigenvalue weighted by Crippen LogP contribution is -2.40. The van der Waals surface area contributed by atoms with Gasteiger partial charge in [-0.25, -0.2) is 4.98 Å². The van der Waals surface area contributed by atoms with Gasteiger partial charge in [-0.15, -0.1) is 0 Å². The number of nitrogens with two attached hydrogens (primary N) is 1. The molecule has 5 heteroatoms. The van der Waals surface area contributed by atoms with Crippen molar-refractivity contribution < 1.29 is 9.53 Å². The molecule has 0 unspecified atom stereocenters. The predicted molar refractivity (Wildman–Crippen MR) is 86.0 cm³/mol. The molecule has 22 heavy (non-hydrogen) atoms. The van der Waals surface area contributed by atoms with Gasteiger partial charge < -0.3 is 15.8 Å². The van der Waals surface area contributed by atoms with Gasteiger partial charge in [-0.2, -0.15) is 0 Å². The Morgan fingerprint density at radius 2 is 2.00 bits per heavy atom. The van der Waals surface area contributed by atoms with Crippen LogP contribution in [0.3, 0.4) is 0 Å². The fourth-order valence-corrected chi connectivity index (χ4v) is 2.97. The van der Waals surface area contributed by atoms with Crippen molar-refractivity contribution in [3.63, 3.8) is 0 Å². The number of carbonyl (C=O) groups is 1. The number of methoxy groups -OCH3 is 1. The Labute approximate surface area is 129 Å². The Kier molecular flexibility index (Phi) is 4.24. The summed E-state index contributed by atoms with van der Waals surface area (Å²) < 4.78 is 5.21. The van der Waals surface area contributed by atoms with Crippen LogP contribution in [0.4, 0.5) is 0 Å². The molecule has 5 nitrogen and oxygen atoms in total. The Hall–Kier alpha value is -2.14. The van der Waals surface area contributed by atoms with Crippen molar-refractivity contribution in [1.82, 2.24) is 10.3 Å². The van der Waals surface area contributed by atoms with Crippen molar-refractivity contribution in [2.45, 2.75) is 37.8 Å². The lowest BCUT2D eigenvalue weighted by atomic mass is 9.91. The molecule has 0 spiro atoms. The van der Waals surface area contributed by atoms with Crippen LogP contribution in [0.1, 0.15) is 36.0 Å². The van der Waals surface area contributed by atoms with Crippen molar-refractivity contribution >= 4 is 16.8 Å². The first-order valence-electron chi connectivity index (χ1n) is 7.67. The van der Waals surface area contributed by atoms with E-state index in [0.29, 0.717) is 11.4 Å². The summed E-state index contributed by atoms with van der Waals surface area (Å²) in [5, 5.41) is 3.96. The van der Waals surface area contributed by atoms with E-state index in [9.17, 15) is 4.79 Å². The molecule has 1 aliphatic rings. The van der Waals surface area contributed by atoms with Gasteiger partial charge in [-0.3, -0.25) is 4.79 Å². The van der Waals surface area contributed by atoms with Crippen molar-refractivity contribution in [1.29, 1.82) is 0 Å². The minimum absolute atomic E-state index is 0.0719. The van der Waals surface area contributed by atoms with E-state index >= 15 is 0 Å². The smallest absolute Gasteiger partial charge is 0.252 e. The number of hydrogen-bond donors (Lipinski definition) is 2. The number of ether oxygens (including phenoxy) is 1. The second-order valence-electron chi connectivity index (χ2n) is 5.81. The Bertz CT molecular complexity index is 679. The molecule has 0 radical (unpaired) electrons. The molecule has 1 fully saturated rings. The molecule has 0 saturated heterocycles. The highest BCUT2D eigenvalue weighted by molar-refractivity contribution is 6.06. The first-order chi connectivity index (χ1) is 10.7. The number of pyridine rings is 1. The van der Waals surface area contributed by atoms with Crippen LogP contribution < -0.4 is 15.8 Å². The van der Waals surface area contributed by atoms with Crippen LogP contribution >= 0.6 is 0 Å². The van der Waals surface area contributed by atoms with Crippen LogP contribution in [-0.2, 0) is 0 Å². The van der Waals surface area contributed by atoms with Crippen LogP contribution in [0.5, 0.6) is 5.88 Å².